The second kappa shape index (κ2) is 24.2. The normalized spacial score (nSPS) is 14.5. The minimum absolute atomic E-state index is 0.0634. The number of ether oxygens (including phenoxy) is 3. The van der Waals surface area contributed by atoms with Crippen LogP contribution >= 0.6 is 0 Å². The first-order valence-electron chi connectivity index (χ1n) is 18.8. The van der Waals surface area contributed by atoms with Crippen LogP contribution in [0.15, 0.2) is 36.4 Å². The van der Waals surface area contributed by atoms with E-state index in [0.717, 1.165) is 44.1 Å². The molecule has 2 amide bonds. The molecule has 1 aromatic carbocycles. The Morgan fingerprint density at radius 1 is 0.863 bits per heavy atom. The fourth-order valence-corrected chi connectivity index (χ4v) is 5.61. The van der Waals surface area contributed by atoms with Crippen LogP contribution < -0.4 is 15.4 Å². The minimum Gasteiger partial charge on any atom is -0.494 e. The number of aliphatic hydroxyl groups is 1. The largest absolute Gasteiger partial charge is 0.494 e. The average Bonchev–Trinajstić information content (AvgIpc) is 3.06. The van der Waals surface area contributed by atoms with Crippen molar-refractivity contribution in [1.29, 1.82) is 0 Å². The van der Waals surface area contributed by atoms with Gasteiger partial charge in [0.15, 0.2) is 0 Å². The summed E-state index contributed by atoms with van der Waals surface area (Å²) in [6, 6.07) is 6.22. The number of unbranched alkanes of at least 4 members (excludes halogenated alkanes) is 9. The highest BCUT2D eigenvalue weighted by molar-refractivity contribution is 5.94. The number of halogens is 2. The van der Waals surface area contributed by atoms with E-state index in [1.165, 1.54) is 20.2 Å². The molecule has 0 saturated heterocycles. The van der Waals surface area contributed by atoms with E-state index in [-0.39, 0.29) is 19.3 Å². The Morgan fingerprint density at radius 3 is 2.00 bits per heavy atom. The number of rotatable bonds is 27. The highest BCUT2D eigenvalue weighted by Crippen LogP contribution is 2.29. The molecule has 9 nitrogen and oxygen atoms in total. The second-order valence-electron chi connectivity index (χ2n) is 14.5. The summed E-state index contributed by atoms with van der Waals surface area (Å²) in [7, 11) is 2.76. The summed E-state index contributed by atoms with van der Waals surface area (Å²) in [6.07, 6.45) is 12.5. The van der Waals surface area contributed by atoms with E-state index in [4.69, 9.17) is 14.2 Å². The Hall–Kier alpha value is -3.05. The third-order valence-corrected chi connectivity index (χ3v) is 8.56. The second-order valence-corrected chi connectivity index (χ2v) is 14.5. The van der Waals surface area contributed by atoms with Crippen LogP contribution in [0, 0.1) is 5.92 Å². The van der Waals surface area contributed by atoms with Gasteiger partial charge in [0.05, 0.1) is 19.1 Å². The first-order valence-corrected chi connectivity index (χ1v) is 18.8. The van der Waals surface area contributed by atoms with Crippen LogP contribution in [0.25, 0.3) is 0 Å². The van der Waals surface area contributed by atoms with Crippen LogP contribution in [-0.2, 0) is 30.3 Å². The van der Waals surface area contributed by atoms with Gasteiger partial charge in [-0.3, -0.25) is 9.59 Å². The molecule has 0 unspecified atom stereocenters. The molecule has 1 rings (SSSR count). The first-order chi connectivity index (χ1) is 24.1. The van der Waals surface area contributed by atoms with Gasteiger partial charge < -0.3 is 30.0 Å². The van der Waals surface area contributed by atoms with Crippen molar-refractivity contribution in [2.45, 2.75) is 154 Å². The van der Waals surface area contributed by atoms with E-state index in [1.54, 1.807) is 39.0 Å². The number of methoxy groups -OCH3 is 1. The maximum absolute atomic E-state index is 14.3. The van der Waals surface area contributed by atoms with E-state index in [1.807, 2.05) is 12.1 Å². The summed E-state index contributed by atoms with van der Waals surface area (Å²) < 4.78 is 45.0. The number of amides is 2. The number of nitrogens with one attached hydrogen (secondary N) is 2. The highest BCUT2D eigenvalue weighted by Gasteiger charge is 2.50. The molecule has 11 heteroatoms. The lowest BCUT2D eigenvalue weighted by atomic mass is 9.85. The zero-order valence-corrected chi connectivity index (χ0v) is 32.3. The topological polar surface area (TPSA) is 123 Å². The summed E-state index contributed by atoms with van der Waals surface area (Å²) in [5, 5.41) is 17.1. The Balaban J connectivity index is 3.04. The summed E-state index contributed by atoms with van der Waals surface area (Å²) in [5.74, 6) is -5.66. The van der Waals surface area contributed by atoms with Gasteiger partial charge in [0.1, 0.15) is 17.4 Å². The van der Waals surface area contributed by atoms with E-state index >= 15 is 0 Å². The quantitative estimate of drug-likeness (QED) is 0.0480. The SMILES string of the molecule is CCCCCCCC(F)(F)CCCCCC/C=C/[C@H](C(=O)N[C@@H](Cc1ccc(OCCCC)cc1)C(=O)NC)[C@@](O)(COC)C(=O)OC(C)(C)C. The van der Waals surface area contributed by atoms with Gasteiger partial charge in [-0.1, -0.05) is 83.1 Å². The summed E-state index contributed by atoms with van der Waals surface area (Å²) in [4.78, 5) is 40.3. The number of carbonyl (C=O) groups excluding carboxylic acids is 3. The van der Waals surface area contributed by atoms with Gasteiger partial charge in [0.25, 0.3) is 0 Å². The zero-order chi connectivity index (χ0) is 38.3. The standard InChI is InChI=1S/C40H66F2N2O7/c1-8-10-12-16-19-26-39(41,42)27-20-17-14-13-15-18-21-33(40(48,30-49-7)37(47)51-38(3,4)5)35(45)44-34(36(46)43-6)29-31-22-24-32(25-23-31)50-28-11-9-2/h18,21-25,33-34,48H,8-17,19-20,26-30H2,1-7H3,(H,43,46)(H,44,45)/b21-18+/t33-,34+,40+/m1/s1. The first kappa shape index (κ1) is 46.0. The molecule has 0 heterocycles. The number of esters is 1. The molecule has 0 bridgehead atoms. The van der Waals surface area contributed by atoms with Gasteiger partial charge in [-0.05, 0) is 70.6 Å². The van der Waals surface area contributed by atoms with Crippen molar-refractivity contribution in [3.63, 3.8) is 0 Å². The lowest BCUT2D eigenvalue weighted by molar-refractivity contribution is -0.189. The lowest BCUT2D eigenvalue weighted by Gasteiger charge is -2.34. The molecule has 1 aromatic rings. The van der Waals surface area contributed by atoms with Crippen LogP contribution in [-0.4, -0.2) is 73.4 Å². The van der Waals surface area contributed by atoms with Crippen molar-refractivity contribution in [3.8, 4) is 5.75 Å². The molecule has 0 aliphatic carbocycles. The molecular formula is C40H66F2N2O7. The molecule has 0 aliphatic heterocycles. The molecule has 3 atom stereocenters. The number of allylic oxidation sites excluding steroid dienone is 1. The predicted molar refractivity (Wildman–Crippen MR) is 198 cm³/mol. The highest BCUT2D eigenvalue weighted by atomic mass is 19.3. The Kier molecular flexibility index (Phi) is 21.8. The Bertz CT molecular complexity index is 1170. The summed E-state index contributed by atoms with van der Waals surface area (Å²) >= 11 is 0. The van der Waals surface area contributed by atoms with Crippen LogP contribution in [0.2, 0.25) is 0 Å². The van der Waals surface area contributed by atoms with Crippen molar-refractivity contribution < 1.29 is 42.5 Å². The van der Waals surface area contributed by atoms with E-state index < -0.39 is 53.5 Å². The van der Waals surface area contributed by atoms with Gasteiger partial charge in [0, 0.05) is 33.4 Å². The van der Waals surface area contributed by atoms with Gasteiger partial charge in [-0.25, -0.2) is 13.6 Å². The minimum atomic E-state index is -2.64. The molecule has 3 N–H and O–H groups in total. The van der Waals surface area contributed by atoms with Crippen LogP contribution in [0.4, 0.5) is 8.78 Å². The van der Waals surface area contributed by atoms with Gasteiger partial charge in [-0.15, -0.1) is 0 Å². The monoisotopic (exact) mass is 724 g/mol. The lowest BCUT2D eigenvalue weighted by Crippen LogP contribution is -2.58. The molecule has 0 spiro atoms. The zero-order valence-electron chi connectivity index (χ0n) is 32.3. The van der Waals surface area contributed by atoms with Gasteiger partial charge in [0.2, 0.25) is 23.3 Å². The molecule has 0 aliphatic rings. The summed E-state index contributed by atoms with van der Waals surface area (Å²) in [6.45, 7) is 9.18. The fourth-order valence-electron chi connectivity index (χ4n) is 5.61. The van der Waals surface area contributed by atoms with Crippen molar-refractivity contribution in [2.24, 2.45) is 5.92 Å². The number of alkyl halides is 2. The molecule has 292 valence electrons. The van der Waals surface area contributed by atoms with E-state index in [0.29, 0.717) is 50.9 Å². The number of carbonyl (C=O) groups is 3. The average molecular weight is 725 g/mol. The maximum atomic E-state index is 14.3. The van der Waals surface area contributed by atoms with Crippen LogP contribution in [0.3, 0.4) is 0 Å². The fraction of sp³-hybridized carbons (Fsp3) is 0.725. The van der Waals surface area contributed by atoms with Crippen molar-refractivity contribution in [2.75, 3.05) is 27.4 Å². The maximum Gasteiger partial charge on any atom is 0.342 e. The van der Waals surface area contributed by atoms with E-state index in [9.17, 15) is 28.3 Å². The third-order valence-electron chi connectivity index (χ3n) is 8.56. The smallest absolute Gasteiger partial charge is 0.342 e. The number of hydrogen-bond acceptors (Lipinski definition) is 7. The predicted octanol–water partition coefficient (Wildman–Crippen LogP) is 7.87. The molecule has 0 fully saturated rings. The number of hydrogen-bond donors (Lipinski definition) is 3. The molecule has 0 radical (unpaired) electrons. The van der Waals surface area contributed by atoms with E-state index in [2.05, 4.69) is 24.5 Å². The molecular weight excluding hydrogens is 658 g/mol. The van der Waals surface area contributed by atoms with Crippen LogP contribution in [0.5, 0.6) is 5.75 Å². The van der Waals surface area contributed by atoms with Gasteiger partial charge in [-0.2, -0.15) is 0 Å². The van der Waals surface area contributed by atoms with Gasteiger partial charge >= 0.3 is 5.97 Å². The molecule has 0 aromatic heterocycles. The van der Waals surface area contributed by atoms with Crippen LogP contribution in [0.1, 0.15) is 130 Å². The number of benzene rings is 1. The summed E-state index contributed by atoms with van der Waals surface area (Å²) in [5.41, 5.74) is -2.61. The van der Waals surface area contributed by atoms with Crippen molar-refractivity contribution >= 4 is 17.8 Å². The molecule has 0 saturated carbocycles. The number of likely N-dealkylation sites (N-methyl/N-ethyl adjacent to an activating group) is 1. The molecule has 51 heavy (non-hydrogen) atoms. The third kappa shape index (κ3) is 18.8. The Morgan fingerprint density at radius 2 is 1.45 bits per heavy atom. The van der Waals surface area contributed by atoms with Crippen molar-refractivity contribution in [1.82, 2.24) is 10.6 Å². The van der Waals surface area contributed by atoms with Crippen molar-refractivity contribution in [3.05, 3.63) is 42.0 Å². The Labute approximate surface area is 305 Å².